The molecule has 4 aromatic rings. The summed E-state index contributed by atoms with van der Waals surface area (Å²) >= 11 is 0. The van der Waals surface area contributed by atoms with Crippen molar-refractivity contribution >= 4 is 11.6 Å². The number of aryl methyl sites for hydroxylation is 1. The normalized spacial score (nSPS) is 11.2. The molecule has 0 aliphatic heterocycles. The Bertz CT molecular complexity index is 1270. The minimum Gasteiger partial charge on any atom is -0.439 e. The molecule has 1 N–H and O–H groups in total. The third-order valence-electron chi connectivity index (χ3n) is 4.39. The van der Waals surface area contributed by atoms with Gasteiger partial charge in [-0.3, -0.25) is 9.36 Å². The maximum absolute atomic E-state index is 12.6. The Morgan fingerprint density at radius 1 is 1.03 bits per heavy atom. The summed E-state index contributed by atoms with van der Waals surface area (Å²) in [4.78, 5) is 24.9. The molecule has 0 saturated carbocycles. The van der Waals surface area contributed by atoms with Gasteiger partial charge < -0.3 is 14.8 Å². The monoisotopic (exact) mass is 455 g/mol. The van der Waals surface area contributed by atoms with Crippen LogP contribution in [-0.2, 0) is 0 Å². The van der Waals surface area contributed by atoms with Crippen LogP contribution in [0.25, 0.3) is 5.82 Å². The third-order valence-corrected chi connectivity index (χ3v) is 4.39. The summed E-state index contributed by atoms with van der Waals surface area (Å²) in [5, 5.41) is 2.53. The van der Waals surface area contributed by atoms with Gasteiger partial charge in [-0.2, -0.15) is 0 Å². The average molecular weight is 455 g/mol. The highest BCUT2D eigenvalue weighted by Crippen LogP contribution is 2.27. The van der Waals surface area contributed by atoms with E-state index in [-0.39, 0.29) is 5.56 Å². The van der Waals surface area contributed by atoms with Gasteiger partial charge in [0.25, 0.3) is 5.91 Å². The van der Waals surface area contributed by atoms with Gasteiger partial charge in [-0.15, -0.1) is 13.2 Å². The molecular weight excluding hydrogens is 439 g/mol. The van der Waals surface area contributed by atoms with E-state index < -0.39 is 18.0 Å². The van der Waals surface area contributed by atoms with Gasteiger partial charge in [0.15, 0.2) is 0 Å². The van der Waals surface area contributed by atoms with Crippen molar-refractivity contribution in [3.63, 3.8) is 0 Å². The Morgan fingerprint density at radius 3 is 2.48 bits per heavy atom. The standard InChI is InChI=1S/C22H16F3N5O3/c1-14-26-10-11-30(14)19-12-20(28-13-27-19)32-16-8-6-15(7-9-16)29-21(31)17-4-2-3-5-18(17)33-22(23,24)25/h2-13H,1H3,(H,29,31). The number of alkyl halides is 3. The van der Waals surface area contributed by atoms with Gasteiger partial charge >= 0.3 is 6.36 Å². The molecule has 2 aromatic carbocycles. The molecule has 0 radical (unpaired) electrons. The summed E-state index contributed by atoms with van der Waals surface area (Å²) in [5.74, 6) is 0.722. The Morgan fingerprint density at radius 2 is 1.79 bits per heavy atom. The van der Waals surface area contributed by atoms with Crippen LogP contribution in [-0.4, -0.2) is 31.8 Å². The van der Waals surface area contributed by atoms with Crippen LogP contribution in [0.2, 0.25) is 0 Å². The van der Waals surface area contributed by atoms with Crippen molar-refractivity contribution in [3.05, 3.63) is 84.7 Å². The topological polar surface area (TPSA) is 91.2 Å². The number of halogens is 3. The molecule has 0 atom stereocenters. The van der Waals surface area contributed by atoms with E-state index in [0.29, 0.717) is 23.1 Å². The minimum absolute atomic E-state index is 0.251. The summed E-state index contributed by atoms with van der Waals surface area (Å²) in [6, 6.07) is 13.0. The predicted octanol–water partition coefficient (Wildman–Crippen LogP) is 4.91. The number of amides is 1. The van der Waals surface area contributed by atoms with Crippen molar-refractivity contribution in [3.8, 4) is 23.2 Å². The van der Waals surface area contributed by atoms with Gasteiger partial charge in [-0.05, 0) is 43.3 Å². The molecule has 0 bridgehead atoms. The minimum atomic E-state index is -4.91. The third kappa shape index (κ3) is 5.45. The molecule has 0 saturated heterocycles. The zero-order chi connectivity index (χ0) is 23.4. The van der Waals surface area contributed by atoms with Gasteiger partial charge in [0.05, 0.1) is 5.56 Å². The van der Waals surface area contributed by atoms with Crippen LogP contribution in [0.3, 0.4) is 0 Å². The number of carbonyl (C=O) groups is 1. The van der Waals surface area contributed by atoms with Crippen LogP contribution < -0.4 is 14.8 Å². The molecule has 11 heteroatoms. The van der Waals surface area contributed by atoms with Gasteiger partial charge in [0.2, 0.25) is 5.88 Å². The highest BCUT2D eigenvalue weighted by Gasteiger charge is 2.32. The SMILES string of the molecule is Cc1nccn1-c1cc(Oc2ccc(NC(=O)c3ccccc3OC(F)(F)F)cc2)ncn1. The van der Waals surface area contributed by atoms with E-state index in [4.69, 9.17) is 4.74 Å². The first-order chi connectivity index (χ1) is 15.8. The van der Waals surface area contributed by atoms with Crippen molar-refractivity contribution in [1.82, 2.24) is 19.5 Å². The number of hydrogen-bond acceptors (Lipinski definition) is 6. The predicted molar refractivity (Wildman–Crippen MR) is 111 cm³/mol. The van der Waals surface area contributed by atoms with Crippen molar-refractivity contribution in [2.24, 2.45) is 0 Å². The summed E-state index contributed by atoms with van der Waals surface area (Å²) < 4.78 is 49.2. The number of hydrogen-bond donors (Lipinski definition) is 1. The number of para-hydroxylation sites is 1. The lowest BCUT2D eigenvalue weighted by Gasteiger charge is -2.13. The number of anilines is 1. The molecule has 0 spiro atoms. The number of ether oxygens (including phenoxy) is 2. The Hall–Kier alpha value is -4.41. The smallest absolute Gasteiger partial charge is 0.439 e. The lowest BCUT2D eigenvalue weighted by atomic mass is 10.2. The zero-order valence-corrected chi connectivity index (χ0v) is 17.1. The largest absolute Gasteiger partial charge is 0.573 e. The molecule has 0 aliphatic carbocycles. The second kappa shape index (κ2) is 8.99. The number of imidazole rings is 1. The quantitative estimate of drug-likeness (QED) is 0.444. The second-order valence-electron chi connectivity index (χ2n) is 6.68. The van der Waals surface area contributed by atoms with Crippen LogP contribution in [0.15, 0.2) is 73.3 Å². The number of rotatable bonds is 6. The Kier molecular flexibility index (Phi) is 5.94. The number of nitrogens with zero attached hydrogens (tertiary/aromatic N) is 4. The lowest BCUT2D eigenvalue weighted by molar-refractivity contribution is -0.274. The first-order valence-electron chi connectivity index (χ1n) is 9.55. The molecule has 2 aromatic heterocycles. The maximum Gasteiger partial charge on any atom is 0.573 e. The molecule has 4 rings (SSSR count). The molecule has 1 amide bonds. The second-order valence-corrected chi connectivity index (χ2v) is 6.68. The fourth-order valence-corrected chi connectivity index (χ4v) is 2.93. The van der Waals surface area contributed by atoms with Crippen molar-refractivity contribution < 1.29 is 27.4 Å². The van der Waals surface area contributed by atoms with Crippen LogP contribution in [0.5, 0.6) is 17.4 Å². The molecular formula is C22H16F3N5O3. The van der Waals surface area contributed by atoms with Crippen molar-refractivity contribution in [2.75, 3.05) is 5.32 Å². The zero-order valence-electron chi connectivity index (χ0n) is 17.1. The van der Waals surface area contributed by atoms with Gasteiger partial charge in [0.1, 0.15) is 29.5 Å². The summed E-state index contributed by atoms with van der Waals surface area (Å²) in [6.07, 6.45) is -0.137. The number of nitrogens with one attached hydrogen (secondary N) is 1. The first-order valence-corrected chi connectivity index (χ1v) is 9.55. The van der Waals surface area contributed by atoms with Gasteiger partial charge in [-0.25, -0.2) is 15.0 Å². The van der Waals surface area contributed by atoms with Crippen LogP contribution >= 0.6 is 0 Å². The number of carbonyl (C=O) groups excluding carboxylic acids is 1. The average Bonchev–Trinajstić information content (AvgIpc) is 3.20. The van der Waals surface area contributed by atoms with Crippen LogP contribution in [0.4, 0.5) is 18.9 Å². The van der Waals surface area contributed by atoms with E-state index in [1.807, 2.05) is 6.92 Å². The van der Waals surface area contributed by atoms with E-state index in [9.17, 15) is 18.0 Å². The van der Waals surface area contributed by atoms with Crippen LogP contribution in [0.1, 0.15) is 16.2 Å². The van der Waals surface area contributed by atoms with Gasteiger partial charge in [-0.1, -0.05) is 12.1 Å². The first kappa shape index (κ1) is 21.8. The molecule has 168 valence electrons. The van der Waals surface area contributed by atoms with Crippen molar-refractivity contribution in [1.29, 1.82) is 0 Å². The van der Waals surface area contributed by atoms with E-state index in [0.717, 1.165) is 11.9 Å². The van der Waals surface area contributed by atoms with E-state index in [2.05, 4.69) is 25.0 Å². The van der Waals surface area contributed by atoms with E-state index in [1.165, 1.54) is 24.5 Å². The summed E-state index contributed by atoms with van der Waals surface area (Å²) in [5.41, 5.74) is 0.102. The molecule has 0 unspecified atom stereocenters. The molecule has 33 heavy (non-hydrogen) atoms. The highest BCUT2D eigenvalue weighted by molar-refractivity contribution is 6.06. The maximum atomic E-state index is 12.6. The fraction of sp³-hybridized carbons (Fsp3) is 0.0909. The Balaban J connectivity index is 1.45. The van der Waals surface area contributed by atoms with E-state index >= 15 is 0 Å². The number of benzene rings is 2. The van der Waals surface area contributed by atoms with Gasteiger partial charge in [0, 0.05) is 24.1 Å². The highest BCUT2D eigenvalue weighted by atomic mass is 19.4. The lowest BCUT2D eigenvalue weighted by Crippen LogP contribution is -2.20. The summed E-state index contributed by atoms with van der Waals surface area (Å²) in [6.45, 7) is 1.84. The Labute approximate surface area is 185 Å². The fourth-order valence-electron chi connectivity index (χ4n) is 2.93. The molecule has 8 nitrogen and oxygen atoms in total. The van der Waals surface area contributed by atoms with Crippen molar-refractivity contribution in [2.45, 2.75) is 13.3 Å². The number of aromatic nitrogens is 4. The molecule has 2 heterocycles. The van der Waals surface area contributed by atoms with E-state index in [1.54, 1.807) is 47.3 Å². The molecule has 0 fully saturated rings. The van der Waals surface area contributed by atoms with Crippen LogP contribution in [0, 0.1) is 6.92 Å². The molecule has 0 aliphatic rings. The summed E-state index contributed by atoms with van der Waals surface area (Å²) in [7, 11) is 0.